The molecule has 2 aromatic rings. The molecule has 0 fully saturated rings. The number of amides is 1. The molecule has 0 bridgehead atoms. The summed E-state index contributed by atoms with van der Waals surface area (Å²) in [6.07, 6.45) is 2.99. The molecule has 6 nitrogen and oxygen atoms in total. The normalized spacial score (nSPS) is 10.1. The molecule has 0 radical (unpaired) electrons. The summed E-state index contributed by atoms with van der Waals surface area (Å²) in [7, 11) is 0. The van der Waals surface area contributed by atoms with Gasteiger partial charge in [0.2, 0.25) is 0 Å². The van der Waals surface area contributed by atoms with Crippen LogP contribution in [0.1, 0.15) is 10.4 Å². The van der Waals surface area contributed by atoms with E-state index < -0.39 is 5.91 Å². The molecular weight excluding hydrogens is 253 g/mol. The van der Waals surface area contributed by atoms with E-state index in [2.05, 4.69) is 25.7 Å². The minimum atomic E-state index is -0.428. The number of carbonyl (C=O) groups is 1. The van der Waals surface area contributed by atoms with Crippen LogP contribution in [0.3, 0.4) is 0 Å². The van der Waals surface area contributed by atoms with Crippen LogP contribution in [0.25, 0.3) is 0 Å². The van der Waals surface area contributed by atoms with Gasteiger partial charge in [-0.25, -0.2) is 0 Å². The zero-order valence-corrected chi connectivity index (χ0v) is 9.25. The van der Waals surface area contributed by atoms with E-state index in [0.29, 0.717) is 5.69 Å². The first kappa shape index (κ1) is 10.8. The van der Waals surface area contributed by atoms with Crippen molar-refractivity contribution in [2.75, 3.05) is 5.32 Å². The molecule has 2 N–H and O–H groups in total. The van der Waals surface area contributed by atoms with Crippen LogP contribution in [0.5, 0.6) is 0 Å². The van der Waals surface area contributed by atoms with E-state index in [-0.39, 0.29) is 15.9 Å². The van der Waals surface area contributed by atoms with E-state index in [1.165, 1.54) is 18.5 Å². The molecule has 16 heavy (non-hydrogen) atoms. The van der Waals surface area contributed by atoms with Gasteiger partial charge >= 0.3 is 0 Å². The van der Waals surface area contributed by atoms with E-state index in [1.54, 1.807) is 0 Å². The maximum Gasteiger partial charge on any atom is 0.259 e. The fourth-order valence-corrected chi connectivity index (χ4v) is 1.36. The summed E-state index contributed by atoms with van der Waals surface area (Å²) >= 11 is 11.3. The number of H-pyrrole nitrogens is 1. The summed E-state index contributed by atoms with van der Waals surface area (Å²) in [5.41, 5.74) is 0.678. The van der Waals surface area contributed by atoms with Gasteiger partial charge in [-0.1, -0.05) is 23.2 Å². The lowest BCUT2D eigenvalue weighted by molar-refractivity contribution is 0.102. The molecule has 2 heterocycles. The first-order chi connectivity index (χ1) is 7.66. The third-order valence-electron chi connectivity index (χ3n) is 1.72. The van der Waals surface area contributed by atoms with Gasteiger partial charge in [0, 0.05) is 6.20 Å². The molecule has 2 rings (SSSR count). The number of halogens is 2. The Bertz CT molecular complexity index is 513. The van der Waals surface area contributed by atoms with Crippen LogP contribution in [0, 0.1) is 0 Å². The van der Waals surface area contributed by atoms with Gasteiger partial charge in [-0.15, -0.1) is 10.2 Å². The van der Waals surface area contributed by atoms with Crippen LogP contribution in [-0.2, 0) is 0 Å². The predicted molar refractivity (Wildman–Crippen MR) is 58.6 cm³/mol. The van der Waals surface area contributed by atoms with E-state index in [1.807, 2.05) is 0 Å². The number of nitrogens with zero attached hydrogens (tertiary/aromatic N) is 3. The zero-order chi connectivity index (χ0) is 11.5. The Labute approximate surface area is 100.0 Å². The van der Waals surface area contributed by atoms with Crippen molar-refractivity contribution in [2.24, 2.45) is 0 Å². The van der Waals surface area contributed by atoms with E-state index in [9.17, 15) is 4.79 Å². The molecular formula is C8H5Cl2N5O. The molecule has 1 amide bonds. The Morgan fingerprint density at radius 3 is 2.88 bits per heavy atom. The number of carbonyl (C=O) groups excluding carboxylic acids is 1. The second-order valence-corrected chi connectivity index (χ2v) is 3.56. The van der Waals surface area contributed by atoms with Crippen molar-refractivity contribution in [3.05, 3.63) is 34.3 Å². The first-order valence-corrected chi connectivity index (χ1v) is 4.91. The van der Waals surface area contributed by atoms with Gasteiger partial charge in [-0.2, -0.15) is 5.10 Å². The van der Waals surface area contributed by atoms with Crippen molar-refractivity contribution in [1.82, 2.24) is 20.4 Å². The number of anilines is 1. The largest absolute Gasteiger partial charge is 0.319 e. The van der Waals surface area contributed by atoms with E-state index >= 15 is 0 Å². The highest BCUT2D eigenvalue weighted by atomic mass is 35.5. The minimum Gasteiger partial charge on any atom is -0.319 e. The highest BCUT2D eigenvalue weighted by molar-refractivity contribution is 6.34. The van der Waals surface area contributed by atoms with Gasteiger partial charge in [-0.05, 0) is 6.07 Å². The monoisotopic (exact) mass is 257 g/mol. The van der Waals surface area contributed by atoms with Gasteiger partial charge in [-0.3, -0.25) is 9.89 Å². The van der Waals surface area contributed by atoms with Gasteiger partial charge in [0.15, 0.2) is 10.3 Å². The van der Waals surface area contributed by atoms with Gasteiger partial charge in [0.25, 0.3) is 5.91 Å². The van der Waals surface area contributed by atoms with Crippen LogP contribution in [0.15, 0.2) is 18.5 Å². The summed E-state index contributed by atoms with van der Waals surface area (Å²) < 4.78 is 0. The zero-order valence-electron chi connectivity index (χ0n) is 7.74. The average molecular weight is 258 g/mol. The van der Waals surface area contributed by atoms with Crippen LogP contribution >= 0.6 is 23.2 Å². The highest BCUT2D eigenvalue weighted by Gasteiger charge is 2.13. The number of hydrogen-bond acceptors (Lipinski definition) is 4. The lowest BCUT2D eigenvalue weighted by Gasteiger charge is -2.03. The maximum atomic E-state index is 11.7. The van der Waals surface area contributed by atoms with Crippen molar-refractivity contribution in [2.45, 2.75) is 0 Å². The molecule has 0 aliphatic rings. The molecule has 0 aliphatic carbocycles. The third kappa shape index (κ3) is 2.29. The Hall–Kier alpha value is -1.66. The molecule has 8 heteroatoms. The van der Waals surface area contributed by atoms with Crippen LogP contribution in [0.2, 0.25) is 10.3 Å². The number of aromatic amines is 1. The average Bonchev–Trinajstić information content (AvgIpc) is 2.74. The van der Waals surface area contributed by atoms with Gasteiger partial charge in [0.1, 0.15) is 0 Å². The molecule has 0 aromatic carbocycles. The van der Waals surface area contributed by atoms with Crippen molar-refractivity contribution >= 4 is 34.8 Å². The molecule has 82 valence electrons. The lowest BCUT2D eigenvalue weighted by atomic mass is 10.3. The Kier molecular flexibility index (Phi) is 3.02. The molecule has 0 unspecified atom stereocenters. The minimum absolute atomic E-state index is 0.00889. The Morgan fingerprint density at radius 2 is 2.19 bits per heavy atom. The Balaban J connectivity index is 2.24. The number of aromatic nitrogens is 4. The summed E-state index contributed by atoms with van der Waals surface area (Å²) in [6, 6.07) is 1.34. The van der Waals surface area contributed by atoms with E-state index in [0.717, 1.165) is 0 Å². The molecule has 2 aromatic heterocycles. The molecule has 0 saturated heterocycles. The van der Waals surface area contributed by atoms with Gasteiger partial charge in [0.05, 0.1) is 17.4 Å². The van der Waals surface area contributed by atoms with Crippen molar-refractivity contribution in [3.63, 3.8) is 0 Å². The molecule has 0 atom stereocenters. The fourth-order valence-electron chi connectivity index (χ4n) is 1.03. The van der Waals surface area contributed by atoms with Gasteiger partial charge < -0.3 is 5.32 Å². The topological polar surface area (TPSA) is 83.6 Å². The SMILES string of the molecule is O=C(Nc1cn[nH]c1)c1cc(Cl)nnc1Cl. The fraction of sp³-hybridized carbons (Fsp3) is 0. The molecule has 0 aliphatic heterocycles. The smallest absolute Gasteiger partial charge is 0.259 e. The lowest BCUT2D eigenvalue weighted by Crippen LogP contribution is -2.13. The summed E-state index contributed by atoms with van der Waals surface area (Å²) in [6.45, 7) is 0. The highest BCUT2D eigenvalue weighted by Crippen LogP contribution is 2.16. The number of nitrogens with one attached hydrogen (secondary N) is 2. The summed E-state index contributed by atoms with van der Waals surface area (Å²) in [4.78, 5) is 11.7. The standard InChI is InChI=1S/C8H5Cl2N5O/c9-6-1-5(7(10)15-14-6)8(16)13-4-2-11-12-3-4/h1-3H,(H,11,12)(H,13,16). The summed E-state index contributed by atoms with van der Waals surface area (Å²) in [5.74, 6) is -0.428. The number of rotatable bonds is 2. The predicted octanol–water partition coefficient (Wildman–Crippen LogP) is 1.76. The number of hydrogen-bond donors (Lipinski definition) is 2. The van der Waals surface area contributed by atoms with Crippen LogP contribution in [0.4, 0.5) is 5.69 Å². The first-order valence-electron chi connectivity index (χ1n) is 4.15. The maximum absolute atomic E-state index is 11.7. The second-order valence-electron chi connectivity index (χ2n) is 2.81. The molecule has 0 spiro atoms. The molecule has 0 saturated carbocycles. The Morgan fingerprint density at radius 1 is 1.38 bits per heavy atom. The quantitative estimate of drug-likeness (QED) is 0.859. The van der Waals surface area contributed by atoms with Crippen molar-refractivity contribution in [1.29, 1.82) is 0 Å². The third-order valence-corrected chi connectivity index (χ3v) is 2.18. The summed E-state index contributed by atoms with van der Waals surface area (Å²) in [5, 5.41) is 15.9. The second kappa shape index (κ2) is 4.46. The van der Waals surface area contributed by atoms with Crippen LogP contribution < -0.4 is 5.32 Å². The van der Waals surface area contributed by atoms with E-state index in [4.69, 9.17) is 23.2 Å². The van der Waals surface area contributed by atoms with Crippen molar-refractivity contribution < 1.29 is 4.79 Å². The van der Waals surface area contributed by atoms with Crippen molar-refractivity contribution in [3.8, 4) is 0 Å². The van der Waals surface area contributed by atoms with Crippen LogP contribution in [-0.4, -0.2) is 26.3 Å².